The van der Waals surface area contributed by atoms with E-state index < -0.39 is 11.6 Å². The molecule has 3 rings (SSSR count). The normalized spacial score (nSPS) is 19.0. The monoisotopic (exact) mass is 404 g/mol. The summed E-state index contributed by atoms with van der Waals surface area (Å²) in [6, 6.07) is 8.05. The van der Waals surface area contributed by atoms with Gasteiger partial charge in [-0.15, -0.1) is 6.58 Å². The van der Waals surface area contributed by atoms with Gasteiger partial charge in [-0.2, -0.15) is 4.39 Å². The van der Waals surface area contributed by atoms with Crippen molar-refractivity contribution in [3.05, 3.63) is 71.6 Å². The summed E-state index contributed by atoms with van der Waals surface area (Å²) < 4.78 is 53.1. The van der Waals surface area contributed by atoms with Crippen molar-refractivity contribution in [3.8, 4) is 11.5 Å². The van der Waals surface area contributed by atoms with E-state index in [1.807, 2.05) is 12.1 Å². The zero-order valence-corrected chi connectivity index (χ0v) is 16.7. The Morgan fingerprint density at radius 1 is 1.00 bits per heavy atom. The van der Waals surface area contributed by atoms with Gasteiger partial charge in [-0.1, -0.05) is 18.2 Å². The molecule has 1 saturated carbocycles. The van der Waals surface area contributed by atoms with E-state index in [4.69, 9.17) is 9.47 Å². The standard InChI is InChI=1S/C24H27F3O2/c1-3-4-13-28-19-10-11-20(21(25)14-19)18-8-6-17(7-9-18)15-29-22-12-5-16(2)23(26)24(22)27/h3,5,10-12,14,17-18H,1,4,6-9,13,15H2,2H3. The first kappa shape index (κ1) is 21.3. The molecule has 2 nitrogen and oxygen atoms in total. The third-order valence-electron chi connectivity index (χ3n) is 5.56. The van der Waals surface area contributed by atoms with Crippen LogP contribution in [0.1, 0.15) is 49.1 Å². The van der Waals surface area contributed by atoms with Crippen LogP contribution in [0.5, 0.6) is 11.5 Å². The Morgan fingerprint density at radius 3 is 2.45 bits per heavy atom. The first-order valence-corrected chi connectivity index (χ1v) is 10.1. The SMILES string of the molecule is C=CCCOc1ccc(C2CCC(COc3ccc(C)c(F)c3F)CC2)c(F)c1. The van der Waals surface area contributed by atoms with Crippen molar-refractivity contribution < 1.29 is 22.6 Å². The number of aryl methyl sites for hydroxylation is 1. The molecule has 1 aliphatic rings. The number of hydrogen-bond donors (Lipinski definition) is 0. The quantitative estimate of drug-likeness (QED) is 0.359. The summed E-state index contributed by atoms with van der Waals surface area (Å²) in [7, 11) is 0. The molecule has 0 unspecified atom stereocenters. The van der Waals surface area contributed by atoms with E-state index in [2.05, 4.69) is 6.58 Å². The van der Waals surface area contributed by atoms with Crippen LogP contribution >= 0.6 is 0 Å². The molecule has 0 aliphatic heterocycles. The Morgan fingerprint density at radius 2 is 1.76 bits per heavy atom. The molecule has 1 aliphatic carbocycles. The Labute approximate surface area is 170 Å². The molecular weight excluding hydrogens is 377 g/mol. The molecule has 0 radical (unpaired) electrons. The number of halogens is 3. The summed E-state index contributed by atoms with van der Waals surface area (Å²) in [4.78, 5) is 0. The van der Waals surface area contributed by atoms with Crippen molar-refractivity contribution in [2.45, 2.75) is 44.9 Å². The second-order valence-corrected chi connectivity index (χ2v) is 7.65. The first-order valence-electron chi connectivity index (χ1n) is 10.1. The first-order chi connectivity index (χ1) is 14.0. The van der Waals surface area contributed by atoms with Crippen molar-refractivity contribution in [1.82, 2.24) is 0 Å². The number of hydrogen-bond acceptors (Lipinski definition) is 2. The second-order valence-electron chi connectivity index (χ2n) is 7.65. The predicted octanol–water partition coefficient (Wildman–Crippen LogP) is 6.72. The molecule has 0 heterocycles. The highest BCUT2D eigenvalue weighted by molar-refractivity contribution is 5.32. The maximum Gasteiger partial charge on any atom is 0.200 e. The molecule has 2 aromatic carbocycles. The third kappa shape index (κ3) is 5.34. The zero-order chi connectivity index (χ0) is 20.8. The summed E-state index contributed by atoms with van der Waals surface area (Å²) >= 11 is 0. The molecule has 2 aromatic rings. The average molecular weight is 404 g/mol. The maximum atomic E-state index is 14.5. The molecule has 0 atom stereocenters. The van der Waals surface area contributed by atoms with E-state index in [0.717, 1.165) is 25.7 Å². The molecule has 1 fully saturated rings. The van der Waals surface area contributed by atoms with Gasteiger partial charge in [0, 0.05) is 6.07 Å². The molecule has 5 heteroatoms. The Balaban J connectivity index is 1.51. The molecule has 0 spiro atoms. The van der Waals surface area contributed by atoms with Gasteiger partial charge in [-0.25, -0.2) is 8.78 Å². The molecule has 29 heavy (non-hydrogen) atoms. The molecule has 0 bridgehead atoms. The van der Waals surface area contributed by atoms with Gasteiger partial charge in [-0.05, 0) is 74.1 Å². The van der Waals surface area contributed by atoms with Gasteiger partial charge in [-0.3, -0.25) is 0 Å². The van der Waals surface area contributed by atoms with E-state index in [1.165, 1.54) is 25.1 Å². The van der Waals surface area contributed by atoms with Crippen LogP contribution in [-0.2, 0) is 0 Å². The lowest BCUT2D eigenvalue weighted by atomic mass is 9.79. The van der Waals surface area contributed by atoms with E-state index >= 15 is 0 Å². The topological polar surface area (TPSA) is 18.5 Å². The van der Waals surface area contributed by atoms with Crippen LogP contribution in [0.3, 0.4) is 0 Å². The summed E-state index contributed by atoms with van der Waals surface area (Å²) in [5.41, 5.74) is 0.974. The predicted molar refractivity (Wildman–Crippen MR) is 108 cm³/mol. The van der Waals surface area contributed by atoms with E-state index in [0.29, 0.717) is 30.9 Å². The van der Waals surface area contributed by atoms with Crippen molar-refractivity contribution >= 4 is 0 Å². The largest absolute Gasteiger partial charge is 0.493 e. The van der Waals surface area contributed by atoms with Gasteiger partial charge in [0.05, 0.1) is 13.2 Å². The minimum absolute atomic E-state index is 0.0479. The van der Waals surface area contributed by atoms with Gasteiger partial charge in [0.25, 0.3) is 0 Å². The molecule has 0 saturated heterocycles. The van der Waals surface area contributed by atoms with Gasteiger partial charge >= 0.3 is 0 Å². The summed E-state index contributed by atoms with van der Waals surface area (Å²) in [6.07, 6.45) is 5.87. The number of rotatable bonds is 8. The average Bonchev–Trinajstić information content (AvgIpc) is 2.72. The lowest BCUT2D eigenvalue weighted by Gasteiger charge is -2.29. The van der Waals surface area contributed by atoms with Gasteiger partial charge in [0.1, 0.15) is 11.6 Å². The van der Waals surface area contributed by atoms with Crippen LogP contribution in [0.15, 0.2) is 43.0 Å². The highest BCUT2D eigenvalue weighted by atomic mass is 19.2. The van der Waals surface area contributed by atoms with Crippen LogP contribution < -0.4 is 9.47 Å². The smallest absolute Gasteiger partial charge is 0.200 e. The van der Waals surface area contributed by atoms with Crippen LogP contribution in [0.25, 0.3) is 0 Å². The van der Waals surface area contributed by atoms with Gasteiger partial charge < -0.3 is 9.47 Å². The van der Waals surface area contributed by atoms with E-state index in [9.17, 15) is 13.2 Å². The van der Waals surface area contributed by atoms with Crippen LogP contribution in [-0.4, -0.2) is 13.2 Å². The fraction of sp³-hybridized carbons (Fsp3) is 0.417. The Hall–Kier alpha value is -2.43. The molecule has 156 valence electrons. The van der Waals surface area contributed by atoms with Crippen molar-refractivity contribution in [3.63, 3.8) is 0 Å². The maximum absolute atomic E-state index is 14.5. The Bertz CT molecular complexity index is 842. The van der Waals surface area contributed by atoms with Gasteiger partial charge in [0.2, 0.25) is 5.82 Å². The zero-order valence-electron chi connectivity index (χ0n) is 16.7. The number of benzene rings is 2. The fourth-order valence-electron chi connectivity index (χ4n) is 3.78. The van der Waals surface area contributed by atoms with Crippen LogP contribution in [0.2, 0.25) is 0 Å². The molecule has 0 aromatic heterocycles. The highest BCUT2D eigenvalue weighted by Gasteiger charge is 2.25. The van der Waals surface area contributed by atoms with E-state index in [1.54, 1.807) is 6.08 Å². The van der Waals surface area contributed by atoms with Crippen molar-refractivity contribution in [2.24, 2.45) is 5.92 Å². The van der Waals surface area contributed by atoms with Crippen LogP contribution in [0, 0.1) is 30.3 Å². The highest BCUT2D eigenvalue weighted by Crippen LogP contribution is 2.38. The lowest BCUT2D eigenvalue weighted by molar-refractivity contribution is 0.192. The van der Waals surface area contributed by atoms with Crippen LogP contribution in [0.4, 0.5) is 13.2 Å². The summed E-state index contributed by atoms with van der Waals surface area (Å²) in [6.45, 7) is 5.97. The third-order valence-corrected chi connectivity index (χ3v) is 5.56. The van der Waals surface area contributed by atoms with E-state index in [-0.39, 0.29) is 29.0 Å². The molecule has 0 N–H and O–H groups in total. The summed E-state index contributed by atoms with van der Waals surface area (Å²) in [5, 5.41) is 0. The van der Waals surface area contributed by atoms with Crippen molar-refractivity contribution in [2.75, 3.05) is 13.2 Å². The Kier molecular flexibility index (Phi) is 7.24. The minimum Gasteiger partial charge on any atom is -0.493 e. The number of ether oxygens (including phenoxy) is 2. The van der Waals surface area contributed by atoms with Crippen molar-refractivity contribution in [1.29, 1.82) is 0 Å². The fourth-order valence-corrected chi connectivity index (χ4v) is 3.78. The second kappa shape index (κ2) is 9.86. The minimum atomic E-state index is -0.934. The molecule has 0 amide bonds. The van der Waals surface area contributed by atoms with Gasteiger partial charge in [0.15, 0.2) is 11.6 Å². The molecular formula is C24H27F3O2. The summed E-state index contributed by atoms with van der Waals surface area (Å²) in [5.74, 6) is -1.15. The lowest BCUT2D eigenvalue weighted by Crippen LogP contribution is -2.20.